The number of nitrogens with zero attached hydrogens (tertiary/aromatic N) is 2. The minimum absolute atomic E-state index is 0.0309. The molecular weight excluding hydrogens is 274 g/mol. The molecule has 0 bridgehead atoms. The van der Waals surface area contributed by atoms with Crippen LogP contribution in [0.5, 0.6) is 0 Å². The SMILES string of the molecule is CCN(c1cccc(C)c1)S(=O)(=O)c1cnccc1N. The molecule has 0 atom stereocenters. The molecule has 1 aromatic heterocycles. The van der Waals surface area contributed by atoms with Crippen molar-refractivity contribution in [3.8, 4) is 0 Å². The lowest BCUT2D eigenvalue weighted by molar-refractivity contribution is 0.592. The number of sulfonamides is 1. The molecule has 0 saturated carbocycles. The molecule has 0 aliphatic carbocycles. The number of pyridine rings is 1. The van der Waals surface area contributed by atoms with Gasteiger partial charge in [-0.3, -0.25) is 9.29 Å². The molecule has 2 rings (SSSR count). The van der Waals surface area contributed by atoms with Crippen molar-refractivity contribution in [3.63, 3.8) is 0 Å². The minimum atomic E-state index is -3.71. The zero-order valence-corrected chi connectivity index (χ0v) is 12.3. The summed E-state index contributed by atoms with van der Waals surface area (Å²) < 4.78 is 26.7. The number of benzene rings is 1. The lowest BCUT2D eigenvalue weighted by atomic mass is 10.2. The Balaban J connectivity index is 2.54. The summed E-state index contributed by atoms with van der Waals surface area (Å²) in [5, 5.41) is 0. The van der Waals surface area contributed by atoms with E-state index in [1.807, 2.05) is 25.1 Å². The van der Waals surface area contributed by atoms with Crippen LogP contribution in [0.2, 0.25) is 0 Å². The number of hydrogen-bond acceptors (Lipinski definition) is 4. The Bertz CT molecular complexity index is 714. The molecule has 2 N–H and O–H groups in total. The standard InChI is InChI=1S/C14H17N3O2S/c1-3-17(12-6-4-5-11(2)9-12)20(18,19)14-10-16-8-7-13(14)15/h4-10H,3H2,1-2H3,(H2,15,16). The van der Waals surface area contributed by atoms with Gasteiger partial charge in [0.05, 0.1) is 11.4 Å². The molecule has 0 spiro atoms. The van der Waals surface area contributed by atoms with Crippen LogP contribution in [-0.2, 0) is 10.0 Å². The molecular formula is C14H17N3O2S. The highest BCUT2D eigenvalue weighted by Gasteiger charge is 2.25. The summed E-state index contributed by atoms with van der Waals surface area (Å²) in [6, 6.07) is 8.82. The molecule has 0 radical (unpaired) electrons. The van der Waals surface area contributed by atoms with Gasteiger partial charge in [-0.05, 0) is 37.6 Å². The first-order valence-corrected chi connectivity index (χ1v) is 7.69. The van der Waals surface area contributed by atoms with Crippen molar-refractivity contribution < 1.29 is 8.42 Å². The zero-order chi connectivity index (χ0) is 14.8. The highest BCUT2D eigenvalue weighted by molar-refractivity contribution is 7.93. The van der Waals surface area contributed by atoms with Crippen LogP contribution in [0.15, 0.2) is 47.6 Å². The fraction of sp³-hybridized carbons (Fsp3) is 0.214. The third-order valence-corrected chi connectivity index (χ3v) is 4.91. The van der Waals surface area contributed by atoms with Gasteiger partial charge in [0.15, 0.2) is 0 Å². The number of rotatable bonds is 4. The summed E-state index contributed by atoms with van der Waals surface area (Å²) in [5.74, 6) is 0. The van der Waals surface area contributed by atoms with Crippen LogP contribution in [0.4, 0.5) is 11.4 Å². The fourth-order valence-electron chi connectivity index (χ4n) is 2.00. The Morgan fingerprint density at radius 1 is 1.30 bits per heavy atom. The first-order valence-electron chi connectivity index (χ1n) is 6.25. The van der Waals surface area contributed by atoms with Gasteiger partial charge < -0.3 is 5.73 Å². The highest BCUT2D eigenvalue weighted by atomic mass is 32.2. The summed E-state index contributed by atoms with van der Waals surface area (Å²) in [4.78, 5) is 3.88. The maximum absolute atomic E-state index is 12.7. The number of anilines is 2. The van der Waals surface area contributed by atoms with Crippen LogP contribution in [0.25, 0.3) is 0 Å². The van der Waals surface area contributed by atoms with E-state index in [0.717, 1.165) is 5.56 Å². The predicted molar refractivity (Wildman–Crippen MR) is 80.0 cm³/mol. The molecule has 2 aromatic rings. The van der Waals surface area contributed by atoms with Crippen molar-refractivity contribution in [1.29, 1.82) is 0 Å². The normalized spacial score (nSPS) is 11.3. The second-order valence-electron chi connectivity index (χ2n) is 4.42. The quantitative estimate of drug-likeness (QED) is 0.936. The molecule has 1 aromatic carbocycles. The molecule has 106 valence electrons. The Kier molecular flexibility index (Phi) is 3.94. The number of hydrogen-bond donors (Lipinski definition) is 1. The summed E-state index contributed by atoms with van der Waals surface area (Å²) >= 11 is 0. The molecule has 6 heteroatoms. The van der Waals surface area contributed by atoms with Crippen molar-refractivity contribution >= 4 is 21.4 Å². The van der Waals surface area contributed by atoms with E-state index in [9.17, 15) is 8.42 Å². The molecule has 0 unspecified atom stereocenters. The smallest absolute Gasteiger partial charge is 0.267 e. The largest absolute Gasteiger partial charge is 0.398 e. The van der Waals surface area contributed by atoms with E-state index < -0.39 is 10.0 Å². The van der Waals surface area contributed by atoms with Crippen LogP contribution in [0.1, 0.15) is 12.5 Å². The third-order valence-electron chi connectivity index (χ3n) is 2.96. The molecule has 0 fully saturated rings. The van der Waals surface area contributed by atoms with Gasteiger partial charge in [-0.15, -0.1) is 0 Å². The average molecular weight is 291 g/mol. The Morgan fingerprint density at radius 3 is 2.65 bits per heavy atom. The van der Waals surface area contributed by atoms with E-state index in [1.165, 1.54) is 22.8 Å². The predicted octanol–water partition coefficient (Wildman–Crippen LogP) is 2.19. The lowest BCUT2D eigenvalue weighted by Gasteiger charge is -2.23. The molecule has 5 nitrogen and oxygen atoms in total. The van der Waals surface area contributed by atoms with Gasteiger partial charge in [0.1, 0.15) is 4.90 Å². The van der Waals surface area contributed by atoms with Crippen LogP contribution in [0, 0.1) is 6.92 Å². The first kappa shape index (κ1) is 14.3. The van der Waals surface area contributed by atoms with Gasteiger partial charge in [-0.2, -0.15) is 0 Å². The minimum Gasteiger partial charge on any atom is -0.398 e. The van der Waals surface area contributed by atoms with Crippen molar-refractivity contribution in [2.75, 3.05) is 16.6 Å². The third kappa shape index (κ3) is 2.60. The molecule has 0 amide bonds. The van der Waals surface area contributed by atoms with Gasteiger partial charge in [0.2, 0.25) is 0 Å². The Morgan fingerprint density at radius 2 is 2.05 bits per heavy atom. The summed E-state index contributed by atoms with van der Waals surface area (Å²) in [6.45, 7) is 4.02. The maximum Gasteiger partial charge on any atom is 0.267 e. The summed E-state index contributed by atoms with van der Waals surface area (Å²) in [7, 11) is -3.71. The Hall–Kier alpha value is -2.08. The lowest BCUT2D eigenvalue weighted by Crippen LogP contribution is -2.31. The van der Waals surface area contributed by atoms with Crippen LogP contribution in [0.3, 0.4) is 0 Å². The van der Waals surface area contributed by atoms with E-state index in [-0.39, 0.29) is 10.6 Å². The summed E-state index contributed by atoms with van der Waals surface area (Å²) in [6.07, 6.45) is 2.75. The van der Waals surface area contributed by atoms with Gasteiger partial charge in [0.25, 0.3) is 10.0 Å². The van der Waals surface area contributed by atoms with Gasteiger partial charge in [-0.25, -0.2) is 8.42 Å². The van der Waals surface area contributed by atoms with Crippen molar-refractivity contribution in [2.24, 2.45) is 0 Å². The van der Waals surface area contributed by atoms with E-state index >= 15 is 0 Å². The maximum atomic E-state index is 12.7. The molecule has 1 heterocycles. The van der Waals surface area contributed by atoms with E-state index in [1.54, 1.807) is 13.0 Å². The van der Waals surface area contributed by atoms with Crippen LogP contribution < -0.4 is 10.0 Å². The first-order chi connectivity index (χ1) is 9.46. The second-order valence-corrected chi connectivity index (χ2v) is 6.25. The molecule has 0 aliphatic heterocycles. The topological polar surface area (TPSA) is 76.3 Å². The molecule has 20 heavy (non-hydrogen) atoms. The van der Waals surface area contributed by atoms with Gasteiger partial charge >= 0.3 is 0 Å². The van der Waals surface area contributed by atoms with Crippen LogP contribution >= 0.6 is 0 Å². The number of nitrogens with two attached hydrogens (primary N) is 1. The van der Waals surface area contributed by atoms with Gasteiger partial charge in [0, 0.05) is 18.9 Å². The molecule has 0 aliphatic rings. The van der Waals surface area contributed by atoms with E-state index in [2.05, 4.69) is 4.98 Å². The Labute approximate surface area is 119 Å². The van der Waals surface area contributed by atoms with E-state index in [4.69, 9.17) is 5.73 Å². The van der Waals surface area contributed by atoms with Crippen LogP contribution in [-0.4, -0.2) is 19.9 Å². The van der Waals surface area contributed by atoms with Crippen molar-refractivity contribution in [1.82, 2.24) is 4.98 Å². The second kappa shape index (κ2) is 5.50. The average Bonchev–Trinajstić information content (AvgIpc) is 2.39. The number of aromatic nitrogens is 1. The summed E-state index contributed by atoms with van der Waals surface area (Å²) in [5.41, 5.74) is 7.58. The fourth-order valence-corrected chi connectivity index (χ4v) is 3.53. The van der Waals surface area contributed by atoms with Crippen molar-refractivity contribution in [3.05, 3.63) is 48.3 Å². The van der Waals surface area contributed by atoms with Gasteiger partial charge in [-0.1, -0.05) is 12.1 Å². The highest BCUT2D eigenvalue weighted by Crippen LogP contribution is 2.26. The number of nitrogen functional groups attached to an aromatic ring is 1. The zero-order valence-electron chi connectivity index (χ0n) is 11.4. The van der Waals surface area contributed by atoms with E-state index in [0.29, 0.717) is 12.2 Å². The molecule has 0 saturated heterocycles. The monoisotopic (exact) mass is 291 g/mol. The van der Waals surface area contributed by atoms with Crippen molar-refractivity contribution in [2.45, 2.75) is 18.7 Å². The number of aryl methyl sites for hydroxylation is 1.